The van der Waals surface area contributed by atoms with Crippen LogP contribution in [0.1, 0.15) is 24.0 Å². The van der Waals surface area contributed by atoms with E-state index in [0.29, 0.717) is 12.2 Å². The molecule has 1 unspecified atom stereocenters. The number of hydrogen-bond acceptors (Lipinski definition) is 3. The predicted molar refractivity (Wildman–Crippen MR) is 88.5 cm³/mol. The third kappa shape index (κ3) is 3.99. The summed E-state index contributed by atoms with van der Waals surface area (Å²) < 4.78 is 11.9. The Morgan fingerprint density at radius 3 is 2.90 bits per heavy atom. The lowest BCUT2D eigenvalue weighted by molar-refractivity contribution is 0.00874. The van der Waals surface area contributed by atoms with Crippen LogP contribution in [0.4, 0.5) is 0 Å². The van der Waals surface area contributed by atoms with Crippen LogP contribution in [-0.4, -0.2) is 48.7 Å². The van der Waals surface area contributed by atoms with Gasteiger partial charge >= 0.3 is 0 Å². The number of ether oxygens (including phenoxy) is 2. The molecule has 0 aromatic heterocycles. The Bertz CT molecular complexity index is 472. The number of hydrogen-bond donors (Lipinski definition) is 0. The summed E-state index contributed by atoms with van der Waals surface area (Å²) in [5.41, 5.74) is 2.69. The SMILES string of the molecule is Cc1ccc2c(c1)CC(CN1CCC(OCCBr)CC1)O2. The van der Waals surface area contributed by atoms with Gasteiger partial charge in [0, 0.05) is 31.4 Å². The molecule has 3 nitrogen and oxygen atoms in total. The Balaban J connectivity index is 1.45. The quantitative estimate of drug-likeness (QED) is 0.759. The maximum absolute atomic E-state index is 6.08. The highest BCUT2D eigenvalue weighted by atomic mass is 79.9. The van der Waals surface area contributed by atoms with E-state index >= 15 is 0 Å². The first kappa shape index (κ1) is 15.3. The minimum Gasteiger partial charge on any atom is -0.488 e. The van der Waals surface area contributed by atoms with Crippen molar-refractivity contribution in [3.05, 3.63) is 29.3 Å². The van der Waals surface area contributed by atoms with E-state index in [1.807, 2.05) is 0 Å². The molecule has 0 N–H and O–H groups in total. The molecule has 1 aromatic carbocycles. The summed E-state index contributed by atoms with van der Waals surface area (Å²) in [6.07, 6.45) is 4.11. The van der Waals surface area contributed by atoms with Crippen molar-refractivity contribution in [3.8, 4) is 5.75 Å². The molecule has 1 atom stereocenters. The Kier molecular flexibility index (Phi) is 5.19. The number of nitrogens with zero attached hydrogens (tertiary/aromatic N) is 1. The maximum Gasteiger partial charge on any atom is 0.123 e. The molecule has 4 heteroatoms. The van der Waals surface area contributed by atoms with E-state index in [0.717, 1.165) is 56.6 Å². The molecule has 0 amide bonds. The molecule has 2 aliphatic rings. The first-order valence-electron chi connectivity index (χ1n) is 7.90. The van der Waals surface area contributed by atoms with E-state index in [2.05, 4.69) is 46.0 Å². The van der Waals surface area contributed by atoms with Crippen molar-refractivity contribution < 1.29 is 9.47 Å². The zero-order chi connectivity index (χ0) is 14.7. The molecule has 2 aliphatic heterocycles. The molecular formula is C17H24BrNO2. The van der Waals surface area contributed by atoms with E-state index in [1.54, 1.807) is 0 Å². The van der Waals surface area contributed by atoms with E-state index in [-0.39, 0.29) is 0 Å². The minimum atomic E-state index is 0.321. The normalized spacial score (nSPS) is 23.0. The first-order valence-corrected chi connectivity index (χ1v) is 9.03. The van der Waals surface area contributed by atoms with Crippen LogP contribution in [-0.2, 0) is 11.2 Å². The largest absolute Gasteiger partial charge is 0.488 e. The molecule has 1 aromatic rings. The van der Waals surface area contributed by atoms with Crippen molar-refractivity contribution in [1.29, 1.82) is 0 Å². The summed E-state index contributed by atoms with van der Waals surface area (Å²) in [4.78, 5) is 2.53. The van der Waals surface area contributed by atoms with Crippen LogP contribution in [0.25, 0.3) is 0 Å². The van der Waals surface area contributed by atoms with Crippen LogP contribution < -0.4 is 4.74 Å². The van der Waals surface area contributed by atoms with Crippen LogP contribution in [0.2, 0.25) is 0 Å². The van der Waals surface area contributed by atoms with Gasteiger partial charge in [-0.05, 0) is 31.4 Å². The number of halogens is 1. The lowest BCUT2D eigenvalue weighted by Gasteiger charge is -2.33. The Morgan fingerprint density at radius 2 is 2.14 bits per heavy atom. The standard InChI is InChI=1S/C17H24BrNO2/c1-13-2-3-17-14(10-13)11-16(21-17)12-19-7-4-15(5-8-19)20-9-6-18/h2-3,10,15-16H,4-9,11-12H2,1H3. The van der Waals surface area contributed by atoms with Crippen LogP contribution in [0.3, 0.4) is 0 Å². The van der Waals surface area contributed by atoms with E-state index in [4.69, 9.17) is 9.47 Å². The molecule has 0 radical (unpaired) electrons. The summed E-state index contributed by atoms with van der Waals surface area (Å²) in [5.74, 6) is 1.08. The lowest BCUT2D eigenvalue weighted by atomic mass is 10.0. The number of aryl methyl sites for hydroxylation is 1. The topological polar surface area (TPSA) is 21.7 Å². The summed E-state index contributed by atoms with van der Waals surface area (Å²) in [5, 5.41) is 0.931. The molecule has 21 heavy (non-hydrogen) atoms. The monoisotopic (exact) mass is 353 g/mol. The predicted octanol–water partition coefficient (Wildman–Crippen LogP) is 3.17. The fourth-order valence-electron chi connectivity index (χ4n) is 3.31. The molecule has 0 spiro atoms. The number of likely N-dealkylation sites (tertiary alicyclic amines) is 1. The maximum atomic E-state index is 6.08. The average Bonchev–Trinajstić information content (AvgIpc) is 2.88. The van der Waals surface area contributed by atoms with Gasteiger partial charge in [-0.25, -0.2) is 0 Å². The van der Waals surface area contributed by atoms with Crippen molar-refractivity contribution >= 4 is 15.9 Å². The van der Waals surface area contributed by atoms with Crippen molar-refractivity contribution in [2.45, 2.75) is 38.4 Å². The summed E-state index contributed by atoms with van der Waals surface area (Å²) in [6.45, 7) is 6.26. The zero-order valence-electron chi connectivity index (χ0n) is 12.7. The molecule has 3 rings (SSSR count). The van der Waals surface area contributed by atoms with Crippen LogP contribution in [0.15, 0.2) is 18.2 Å². The second-order valence-corrected chi connectivity index (χ2v) is 6.91. The highest BCUT2D eigenvalue weighted by molar-refractivity contribution is 9.09. The second kappa shape index (κ2) is 7.12. The van der Waals surface area contributed by atoms with E-state index in [9.17, 15) is 0 Å². The van der Waals surface area contributed by atoms with Crippen LogP contribution >= 0.6 is 15.9 Å². The van der Waals surface area contributed by atoms with Crippen molar-refractivity contribution in [2.24, 2.45) is 0 Å². The number of alkyl halides is 1. The number of fused-ring (bicyclic) bond motifs is 1. The van der Waals surface area contributed by atoms with Crippen molar-refractivity contribution in [1.82, 2.24) is 4.90 Å². The fourth-order valence-corrected chi connectivity index (χ4v) is 3.50. The Hall–Kier alpha value is -0.580. The van der Waals surface area contributed by atoms with Gasteiger partial charge in [0.05, 0.1) is 12.7 Å². The number of piperidine rings is 1. The number of rotatable bonds is 5. The van der Waals surface area contributed by atoms with Gasteiger partial charge in [-0.1, -0.05) is 33.6 Å². The molecular weight excluding hydrogens is 330 g/mol. The highest BCUT2D eigenvalue weighted by Crippen LogP contribution is 2.30. The van der Waals surface area contributed by atoms with Gasteiger partial charge in [0.1, 0.15) is 11.9 Å². The third-order valence-electron chi connectivity index (χ3n) is 4.38. The van der Waals surface area contributed by atoms with Crippen molar-refractivity contribution in [2.75, 3.05) is 31.6 Å². The molecule has 0 aliphatic carbocycles. The van der Waals surface area contributed by atoms with Gasteiger partial charge in [0.15, 0.2) is 0 Å². The summed E-state index contributed by atoms with van der Waals surface area (Å²) >= 11 is 3.41. The molecule has 1 saturated heterocycles. The molecule has 116 valence electrons. The second-order valence-electron chi connectivity index (χ2n) is 6.11. The summed E-state index contributed by atoms with van der Waals surface area (Å²) in [6, 6.07) is 6.51. The summed E-state index contributed by atoms with van der Waals surface area (Å²) in [7, 11) is 0. The zero-order valence-corrected chi connectivity index (χ0v) is 14.3. The van der Waals surface area contributed by atoms with E-state index in [1.165, 1.54) is 11.1 Å². The molecule has 1 fully saturated rings. The highest BCUT2D eigenvalue weighted by Gasteiger charge is 2.27. The van der Waals surface area contributed by atoms with Crippen LogP contribution in [0, 0.1) is 6.92 Å². The first-order chi connectivity index (χ1) is 10.2. The molecule has 2 heterocycles. The Labute approximate surface area is 135 Å². The van der Waals surface area contributed by atoms with Crippen molar-refractivity contribution in [3.63, 3.8) is 0 Å². The van der Waals surface area contributed by atoms with Gasteiger partial charge in [-0.15, -0.1) is 0 Å². The smallest absolute Gasteiger partial charge is 0.123 e. The van der Waals surface area contributed by atoms with Gasteiger partial charge in [0.25, 0.3) is 0 Å². The van der Waals surface area contributed by atoms with Gasteiger partial charge in [0.2, 0.25) is 0 Å². The van der Waals surface area contributed by atoms with E-state index < -0.39 is 0 Å². The van der Waals surface area contributed by atoms with Gasteiger partial charge < -0.3 is 9.47 Å². The van der Waals surface area contributed by atoms with Gasteiger partial charge in [-0.2, -0.15) is 0 Å². The average molecular weight is 354 g/mol. The lowest BCUT2D eigenvalue weighted by Crippen LogP contribution is -2.42. The van der Waals surface area contributed by atoms with Crippen LogP contribution in [0.5, 0.6) is 5.75 Å². The number of benzene rings is 1. The fraction of sp³-hybridized carbons (Fsp3) is 0.647. The van der Waals surface area contributed by atoms with Gasteiger partial charge in [-0.3, -0.25) is 4.90 Å². The third-order valence-corrected chi connectivity index (χ3v) is 4.71. The Morgan fingerprint density at radius 1 is 1.33 bits per heavy atom. The minimum absolute atomic E-state index is 0.321. The molecule has 0 bridgehead atoms. The molecule has 0 saturated carbocycles.